The van der Waals surface area contributed by atoms with Crippen LogP contribution in [-0.2, 0) is 0 Å². The molecular weight excluding hydrogens is 344 g/mol. The Bertz CT molecular complexity index is 924. The molecule has 1 fully saturated rings. The van der Waals surface area contributed by atoms with Gasteiger partial charge in [0, 0.05) is 23.0 Å². The molecule has 0 saturated heterocycles. The molecule has 146 valence electrons. The highest BCUT2D eigenvalue weighted by Crippen LogP contribution is 2.48. The Labute approximate surface area is 167 Å². The molecule has 1 heterocycles. The van der Waals surface area contributed by atoms with E-state index >= 15 is 0 Å². The van der Waals surface area contributed by atoms with Gasteiger partial charge in [0.15, 0.2) is 0 Å². The minimum absolute atomic E-state index is 0.0895. The predicted molar refractivity (Wildman–Crippen MR) is 112 cm³/mol. The zero-order valence-electron chi connectivity index (χ0n) is 17.1. The highest BCUT2D eigenvalue weighted by atomic mass is 16.2. The molecule has 28 heavy (non-hydrogen) atoms. The van der Waals surface area contributed by atoms with Gasteiger partial charge in [-0.25, -0.2) is 0 Å². The number of carbonyl (C=O) groups is 1. The summed E-state index contributed by atoms with van der Waals surface area (Å²) in [7, 11) is 0. The minimum atomic E-state index is 0.0895. The van der Waals surface area contributed by atoms with Crippen LogP contribution in [0, 0.1) is 23.7 Å². The lowest BCUT2D eigenvalue weighted by atomic mass is 9.75. The molecule has 3 heteroatoms. The second-order valence-corrected chi connectivity index (χ2v) is 9.48. The van der Waals surface area contributed by atoms with Gasteiger partial charge in [0.2, 0.25) is 0 Å². The number of fused-ring (bicyclic) bond motifs is 3. The van der Waals surface area contributed by atoms with Gasteiger partial charge in [-0.05, 0) is 49.4 Å². The van der Waals surface area contributed by atoms with Gasteiger partial charge >= 0.3 is 0 Å². The number of allylic oxidation sites excluding steroid dienone is 2. The molecule has 1 aromatic carbocycles. The Hall–Kier alpha value is -2.16. The molecule has 2 bridgehead atoms. The zero-order valence-corrected chi connectivity index (χ0v) is 17.1. The third-order valence-corrected chi connectivity index (χ3v) is 7.36. The Balaban J connectivity index is 1.67. The van der Waals surface area contributed by atoms with Crippen molar-refractivity contribution >= 4 is 5.91 Å². The molecule has 0 aliphatic heterocycles. The molecule has 1 saturated carbocycles. The first-order chi connectivity index (χ1) is 13.5. The van der Waals surface area contributed by atoms with Gasteiger partial charge in [-0.3, -0.25) is 4.79 Å². The molecule has 5 atom stereocenters. The molecule has 0 amide bonds. The van der Waals surface area contributed by atoms with Gasteiger partial charge in [-0.2, -0.15) is 9.78 Å². The summed E-state index contributed by atoms with van der Waals surface area (Å²) < 4.78 is 1.82. The van der Waals surface area contributed by atoms with Gasteiger partial charge in [0.1, 0.15) is 0 Å². The van der Waals surface area contributed by atoms with Gasteiger partial charge < -0.3 is 0 Å². The second kappa shape index (κ2) is 6.72. The molecule has 5 rings (SSSR count). The molecule has 2 aromatic rings. The number of nitrogens with zero attached hydrogens (tertiary/aromatic N) is 2. The third-order valence-electron chi connectivity index (χ3n) is 7.36. The standard InChI is InChI=1S/C25H30N2O/c1-15(2)20-12-9-16(3)22-23(20)26-27(24(22)18-7-5-4-6-8-18)25(28)21-14-17-10-11-19(21)13-17/h4-8,10-11,15-17,19-21H,9,12-14H2,1-3H3/t16-,17+,19+,20+,21-/m1/s1. The van der Waals surface area contributed by atoms with Crippen molar-refractivity contribution in [1.82, 2.24) is 9.78 Å². The van der Waals surface area contributed by atoms with Crippen LogP contribution in [-0.4, -0.2) is 15.7 Å². The van der Waals surface area contributed by atoms with E-state index in [9.17, 15) is 4.79 Å². The number of carbonyl (C=O) groups excluding carboxylic acids is 1. The maximum atomic E-state index is 13.7. The quantitative estimate of drug-likeness (QED) is 0.614. The van der Waals surface area contributed by atoms with E-state index in [0.717, 1.165) is 24.1 Å². The van der Waals surface area contributed by atoms with Crippen molar-refractivity contribution in [3.05, 3.63) is 53.7 Å². The molecule has 0 N–H and O–H groups in total. The third kappa shape index (κ3) is 2.70. The average Bonchev–Trinajstić information content (AvgIpc) is 3.42. The summed E-state index contributed by atoms with van der Waals surface area (Å²) in [4.78, 5) is 13.7. The zero-order chi connectivity index (χ0) is 19.4. The first kappa shape index (κ1) is 17.9. The lowest BCUT2D eigenvalue weighted by molar-refractivity contribution is 0.0798. The average molecular weight is 375 g/mol. The summed E-state index contributed by atoms with van der Waals surface area (Å²) in [5.74, 6) is 2.72. The Morgan fingerprint density at radius 1 is 1.11 bits per heavy atom. The van der Waals surface area contributed by atoms with Crippen LogP contribution in [0.15, 0.2) is 42.5 Å². The van der Waals surface area contributed by atoms with E-state index in [1.165, 1.54) is 24.1 Å². The smallest absolute Gasteiger partial charge is 0.251 e. The highest BCUT2D eigenvalue weighted by molar-refractivity contribution is 5.87. The van der Waals surface area contributed by atoms with Crippen molar-refractivity contribution in [2.75, 3.05) is 0 Å². The Morgan fingerprint density at radius 2 is 1.89 bits per heavy atom. The monoisotopic (exact) mass is 374 g/mol. The van der Waals surface area contributed by atoms with Crippen molar-refractivity contribution in [2.45, 2.75) is 58.3 Å². The van der Waals surface area contributed by atoms with E-state index in [4.69, 9.17) is 5.10 Å². The topological polar surface area (TPSA) is 34.9 Å². The fourth-order valence-corrected chi connectivity index (χ4v) is 5.82. The van der Waals surface area contributed by atoms with Crippen LogP contribution in [0.4, 0.5) is 0 Å². The first-order valence-corrected chi connectivity index (χ1v) is 10.9. The van der Waals surface area contributed by atoms with E-state index in [1.54, 1.807) is 0 Å². The summed E-state index contributed by atoms with van der Waals surface area (Å²) >= 11 is 0. The molecule has 3 nitrogen and oxygen atoms in total. The van der Waals surface area contributed by atoms with Crippen molar-refractivity contribution in [3.8, 4) is 11.3 Å². The fourth-order valence-electron chi connectivity index (χ4n) is 5.82. The number of benzene rings is 1. The SMILES string of the molecule is CC(C)[C@@H]1CC[C@@H](C)c2c1nn(C(=O)[C@@H]1C[C@H]3C=C[C@H]1C3)c2-c1ccccc1. The number of hydrogen-bond donors (Lipinski definition) is 0. The normalized spacial score (nSPS) is 30.8. The maximum Gasteiger partial charge on any atom is 0.251 e. The van der Waals surface area contributed by atoms with Crippen LogP contribution in [0.5, 0.6) is 0 Å². The lowest BCUT2D eigenvalue weighted by Crippen LogP contribution is -2.27. The lowest BCUT2D eigenvalue weighted by Gasteiger charge is -2.28. The number of hydrogen-bond acceptors (Lipinski definition) is 2. The van der Waals surface area contributed by atoms with E-state index in [0.29, 0.717) is 29.6 Å². The van der Waals surface area contributed by atoms with E-state index in [1.807, 2.05) is 10.7 Å². The summed E-state index contributed by atoms with van der Waals surface area (Å²) in [6.07, 6.45) is 9.04. The van der Waals surface area contributed by atoms with Crippen molar-refractivity contribution in [2.24, 2.45) is 23.7 Å². The second-order valence-electron chi connectivity index (χ2n) is 9.48. The van der Waals surface area contributed by atoms with E-state index in [2.05, 4.69) is 57.2 Å². The minimum Gasteiger partial charge on any atom is -0.272 e. The molecule has 0 radical (unpaired) electrons. The first-order valence-electron chi connectivity index (χ1n) is 10.9. The van der Waals surface area contributed by atoms with Crippen LogP contribution < -0.4 is 0 Å². The maximum absolute atomic E-state index is 13.7. The molecule has 3 aliphatic rings. The fraction of sp³-hybridized carbons (Fsp3) is 0.520. The summed E-state index contributed by atoms with van der Waals surface area (Å²) in [6, 6.07) is 10.4. The van der Waals surface area contributed by atoms with Crippen LogP contribution in [0.1, 0.15) is 74.3 Å². The van der Waals surface area contributed by atoms with Crippen LogP contribution in [0.2, 0.25) is 0 Å². The van der Waals surface area contributed by atoms with Gasteiger partial charge in [-0.15, -0.1) is 0 Å². The van der Waals surface area contributed by atoms with Crippen LogP contribution in [0.25, 0.3) is 11.3 Å². The highest BCUT2D eigenvalue weighted by Gasteiger charge is 2.43. The van der Waals surface area contributed by atoms with Crippen molar-refractivity contribution in [1.29, 1.82) is 0 Å². The molecule has 0 spiro atoms. The van der Waals surface area contributed by atoms with Crippen LogP contribution >= 0.6 is 0 Å². The van der Waals surface area contributed by atoms with Crippen molar-refractivity contribution < 1.29 is 4.79 Å². The van der Waals surface area contributed by atoms with E-state index in [-0.39, 0.29) is 11.8 Å². The van der Waals surface area contributed by atoms with Gasteiger partial charge in [-0.1, -0.05) is 63.3 Å². The largest absolute Gasteiger partial charge is 0.272 e. The van der Waals surface area contributed by atoms with Gasteiger partial charge in [0.05, 0.1) is 11.4 Å². The molecular formula is C25H30N2O. The van der Waals surface area contributed by atoms with Crippen molar-refractivity contribution in [3.63, 3.8) is 0 Å². The van der Waals surface area contributed by atoms with Crippen LogP contribution in [0.3, 0.4) is 0 Å². The summed E-state index contributed by atoms with van der Waals surface area (Å²) in [5.41, 5.74) is 4.69. The predicted octanol–water partition coefficient (Wildman–Crippen LogP) is 6.04. The molecule has 3 aliphatic carbocycles. The summed E-state index contributed by atoms with van der Waals surface area (Å²) in [6.45, 7) is 6.88. The number of rotatable bonds is 3. The van der Waals surface area contributed by atoms with E-state index < -0.39 is 0 Å². The Morgan fingerprint density at radius 3 is 2.54 bits per heavy atom. The Kier molecular flexibility index (Phi) is 4.30. The van der Waals surface area contributed by atoms with Gasteiger partial charge in [0.25, 0.3) is 5.91 Å². The number of aromatic nitrogens is 2. The molecule has 0 unspecified atom stereocenters. The summed E-state index contributed by atoms with van der Waals surface area (Å²) in [5, 5.41) is 5.05. The molecule has 1 aromatic heterocycles.